The number of amides is 1. The third kappa shape index (κ3) is 4.39. The summed E-state index contributed by atoms with van der Waals surface area (Å²) in [5.41, 5.74) is 0.574. The van der Waals surface area contributed by atoms with Gasteiger partial charge in [-0.15, -0.1) is 0 Å². The van der Waals surface area contributed by atoms with Gasteiger partial charge in [0.2, 0.25) is 5.91 Å². The summed E-state index contributed by atoms with van der Waals surface area (Å²) in [5.74, 6) is -0.140. The third-order valence-corrected chi connectivity index (χ3v) is 5.87. The van der Waals surface area contributed by atoms with Crippen molar-refractivity contribution < 1.29 is 27.6 Å². The molecule has 1 amide bonds. The molecule has 1 N–H and O–H groups in total. The Balaban J connectivity index is 1.65. The summed E-state index contributed by atoms with van der Waals surface area (Å²) in [7, 11) is -3.71. The van der Waals surface area contributed by atoms with E-state index in [0.717, 1.165) is 0 Å². The summed E-state index contributed by atoms with van der Waals surface area (Å²) in [6.07, 6.45) is -0.293. The second kappa shape index (κ2) is 7.85. The SMILES string of the molecule is Cc1ccc(NC(=O)CCS(=O)(=O)c2ccc3c(c2)OCCO3)cc1[N+](=O)[O-]. The van der Waals surface area contributed by atoms with Crippen molar-refractivity contribution in [3.8, 4) is 11.5 Å². The third-order valence-electron chi connectivity index (χ3n) is 4.16. The Morgan fingerprint density at radius 3 is 2.57 bits per heavy atom. The first-order valence-electron chi connectivity index (χ1n) is 8.43. The maximum atomic E-state index is 12.5. The van der Waals surface area contributed by atoms with Crippen LogP contribution in [0.2, 0.25) is 0 Å². The second-order valence-electron chi connectivity index (χ2n) is 6.18. The molecule has 2 aromatic rings. The van der Waals surface area contributed by atoms with Crippen LogP contribution < -0.4 is 14.8 Å². The number of hydrogen-bond acceptors (Lipinski definition) is 7. The van der Waals surface area contributed by atoms with Gasteiger partial charge in [-0.2, -0.15) is 0 Å². The molecule has 0 bridgehead atoms. The number of nitrogens with one attached hydrogen (secondary N) is 1. The number of carbonyl (C=O) groups is 1. The van der Waals surface area contributed by atoms with E-state index in [9.17, 15) is 23.3 Å². The lowest BCUT2D eigenvalue weighted by Gasteiger charge is -2.18. The maximum Gasteiger partial charge on any atom is 0.274 e. The number of benzene rings is 2. The lowest BCUT2D eigenvalue weighted by molar-refractivity contribution is -0.385. The Bertz CT molecular complexity index is 1030. The van der Waals surface area contributed by atoms with Crippen LogP contribution in [0.15, 0.2) is 41.3 Å². The molecule has 148 valence electrons. The summed E-state index contributed by atoms with van der Waals surface area (Å²) in [6.45, 7) is 2.32. The molecule has 0 radical (unpaired) electrons. The highest BCUT2D eigenvalue weighted by atomic mass is 32.2. The van der Waals surface area contributed by atoms with Crippen LogP contribution in [0, 0.1) is 17.0 Å². The van der Waals surface area contributed by atoms with Crippen molar-refractivity contribution in [2.75, 3.05) is 24.3 Å². The second-order valence-corrected chi connectivity index (χ2v) is 8.29. The molecule has 1 aliphatic heterocycles. The fraction of sp³-hybridized carbons (Fsp3) is 0.278. The van der Waals surface area contributed by atoms with Gasteiger partial charge in [0.15, 0.2) is 21.3 Å². The molecule has 0 fully saturated rings. The van der Waals surface area contributed by atoms with Gasteiger partial charge < -0.3 is 14.8 Å². The van der Waals surface area contributed by atoms with Crippen LogP contribution in [-0.4, -0.2) is 38.2 Å². The van der Waals surface area contributed by atoms with E-state index in [1.165, 1.54) is 36.4 Å². The maximum absolute atomic E-state index is 12.5. The minimum absolute atomic E-state index is 0.0375. The molecule has 10 heteroatoms. The standard InChI is InChI=1S/C18H18N2O7S/c1-12-2-3-13(10-15(12)20(22)23)19-18(21)6-9-28(24,25)14-4-5-16-17(11-14)27-8-7-26-16/h2-5,10-11H,6-9H2,1H3,(H,19,21). The number of nitro groups is 1. The molecule has 2 aromatic carbocycles. The van der Waals surface area contributed by atoms with Gasteiger partial charge in [-0.25, -0.2) is 8.42 Å². The van der Waals surface area contributed by atoms with Crippen molar-refractivity contribution in [1.29, 1.82) is 0 Å². The summed E-state index contributed by atoms with van der Waals surface area (Å²) in [6, 6.07) is 8.58. The van der Waals surface area contributed by atoms with Gasteiger partial charge in [0.05, 0.1) is 15.6 Å². The first-order valence-corrected chi connectivity index (χ1v) is 10.1. The number of nitro benzene ring substituents is 1. The predicted octanol–water partition coefficient (Wildman–Crippen LogP) is 2.48. The molecule has 0 saturated carbocycles. The summed E-state index contributed by atoms with van der Waals surface area (Å²) in [4.78, 5) is 22.6. The van der Waals surface area contributed by atoms with Gasteiger partial charge >= 0.3 is 0 Å². The average molecular weight is 406 g/mol. The monoisotopic (exact) mass is 406 g/mol. The largest absolute Gasteiger partial charge is 0.486 e. The van der Waals surface area contributed by atoms with E-state index in [4.69, 9.17) is 9.47 Å². The van der Waals surface area contributed by atoms with Crippen LogP contribution in [-0.2, 0) is 14.6 Å². The molecule has 0 atom stereocenters. The van der Waals surface area contributed by atoms with Crippen LogP contribution in [0.3, 0.4) is 0 Å². The van der Waals surface area contributed by atoms with E-state index in [1.807, 2.05) is 0 Å². The zero-order valence-corrected chi connectivity index (χ0v) is 15.8. The molecule has 1 heterocycles. The molecule has 0 saturated heterocycles. The van der Waals surface area contributed by atoms with Crippen molar-refractivity contribution in [2.45, 2.75) is 18.2 Å². The van der Waals surface area contributed by atoms with Crippen LogP contribution in [0.5, 0.6) is 11.5 Å². The minimum Gasteiger partial charge on any atom is -0.486 e. The van der Waals surface area contributed by atoms with Crippen molar-refractivity contribution in [3.63, 3.8) is 0 Å². The van der Waals surface area contributed by atoms with Gasteiger partial charge in [0, 0.05) is 29.8 Å². The van der Waals surface area contributed by atoms with Gasteiger partial charge in [-0.1, -0.05) is 6.07 Å². The fourth-order valence-electron chi connectivity index (χ4n) is 2.67. The number of nitrogens with zero attached hydrogens (tertiary/aromatic N) is 1. The van der Waals surface area contributed by atoms with Crippen LogP contribution in [0.1, 0.15) is 12.0 Å². The zero-order chi connectivity index (χ0) is 20.3. The number of anilines is 1. The van der Waals surface area contributed by atoms with E-state index in [1.54, 1.807) is 6.92 Å². The number of carbonyl (C=O) groups excluding carboxylic acids is 1. The molecule has 0 aromatic heterocycles. The molecule has 0 spiro atoms. The topological polar surface area (TPSA) is 125 Å². The van der Waals surface area contributed by atoms with E-state index in [2.05, 4.69) is 5.32 Å². The summed E-state index contributed by atoms with van der Waals surface area (Å²) in [5, 5.41) is 13.5. The molecule has 3 rings (SSSR count). The first kappa shape index (κ1) is 19.6. The molecule has 9 nitrogen and oxygen atoms in total. The molecule has 0 aliphatic carbocycles. The number of sulfone groups is 1. The van der Waals surface area contributed by atoms with E-state index >= 15 is 0 Å². The number of ether oxygens (including phenoxy) is 2. The minimum atomic E-state index is -3.71. The molecule has 28 heavy (non-hydrogen) atoms. The smallest absolute Gasteiger partial charge is 0.274 e. The Morgan fingerprint density at radius 2 is 1.86 bits per heavy atom. The van der Waals surface area contributed by atoms with Gasteiger partial charge in [0.1, 0.15) is 13.2 Å². The fourth-order valence-corrected chi connectivity index (χ4v) is 3.92. The molecular weight excluding hydrogens is 388 g/mol. The molecule has 1 aliphatic rings. The normalized spacial score (nSPS) is 13.0. The highest BCUT2D eigenvalue weighted by Crippen LogP contribution is 2.32. The number of hydrogen-bond donors (Lipinski definition) is 1. The molecule has 0 unspecified atom stereocenters. The number of rotatable bonds is 6. The van der Waals surface area contributed by atoms with E-state index in [-0.39, 0.29) is 22.7 Å². The van der Waals surface area contributed by atoms with Crippen molar-refractivity contribution in [2.24, 2.45) is 0 Å². The van der Waals surface area contributed by atoms with Crippen molar-refractivity contribution >= 4 is 27.1 Å². The highest BCUT2D eigenvalue weighted by Gasteiger charge is 2.21. The van der Waals surface area contributed by atoms with E-state index in [0.29, 0.717) is 30.3 Å². The predicted molar refractivity (Wildman–Crippen MR) is 101 cm³/mol. The van der Waals surface area contributed by atoms with Crippen molar-refractivity contribution in [3.05, 3.63) is 52.1 Å². The zero-order valence-electron chi connectivity index (χ0n) is 15.0. The van der Waals surface area contributed by atoms with Gasteiger partial charge in [0.25, 0.3) is 5.69 Å². The lowest BCUT2D eigenvalue weighted by atomic mass is 10.2. The van der Waals surface area contributed by atoms with Gasteiger partial charge in [-0.3, -0.25) is 14.9 Å². The number of aryl methyl sites for hydroxylation is 1. The Kier molecular flexibility index (Phi) is 5.50. The Labute approximate surface area is 161 Å². The lowest BCUT2D eigenvalue weighted by Crippen LogP contribution is -2.18. The van der Waals surface area contributed by atoms with Crippen molar-refractivity contribution in [1.82, 2.24) is 0 Å². The van der Waals surface area contributed by atoms with Crippen LogP contribution >= 0.6 is 0 Å². The van der Waals surface area contributed by atoms with E-state index < -0.39 is 26.4 Å². The van der Waals surface area contributed by atoms with Crippen LogP contribution in [0.4, 0.5) is 11.4 Å². The average Bonchev–Trinajstić information content (AvgIpc) is 2.67. The van der Waals surface area contributed by atoms with Crippen LogP contribution in [0.25, 0.3) is 0 Å². The quantitative estimate of drug-likeness (QED) is 0.577. The highest BCUT2D eigenvalue weighted by molar-refractivity contribution is 7.91. The number of fused-ring (bicyclic) bond motifs is 1. The first-order chi connectivity index (χ1) is 13.3. The van der Waals surface area contributed by atoms with Gasteiger partial charge in [-0.05, 0) is 25.1 Å². The Hall–Kier alpha value is -3.14. The summed E-state index contributed by atoms with van der Waals surface area (Å²) >= 11 is 0. The Morgan fingerprint density at radius 1 is 1.14 bits per heavy atom. The summed E-state index contributed by atoms with van der Waals surface area (Å²) < 4.78 is 35.7. The molecular formula is C18H18N2O7S.